The summed E-state index contributed by atoms with van der Waals surface area (Å²) in [7, 11) is -4.00. The number of aryl methyl sites for hydroxylation is 1. The van der Waals surface area contributed by atoms with Crippen LogP contribution < -0.4 is 9.62 Å². The van der Waals surface area contributed by atoms with E-state index >= 15 is 0 Å². The normalized spacial score (nSPS) is 12.3. The topological polar surface area (TPSA) is 66.5 Å². The van der Waals surface area contributed by atoms with Gasteiger partial charge in [-0.3, -0.25) is 9.10 Å². The SMILES string of the molecule is Cc1ccc(S(=O)(=O)N(CC(=O)NCC(C)Cc2cccc3ccccc23)c2cccc(Cl)c2C)cc1. The smallest absolute Gasteiger partial charge is 0.264 e. The predicted molar refractivity (Wildman–Crippen MR) is 152 cm³/mol. The number of halogens is 1. The molecular weight excluding hydrogens is 504 g/mol. The molecule has 7 heteroatoms. The maximum atomic E-state index is 13.6. The van der Waals surface area contributed by atoms with Crippen LogP contribution in [0.25, 0.3) is 10.8 Å². The number of amides is 1. The van der Waals surface area contributed by atoms with E-state index in [1.54, 1.807) is 49.4 Å². The second-order valence-electron chi connectivity index (χ2n) is 9.46. The van der Waals surface area contributed by atoms with Crippen LogP contribution in [0.2, 0.25) is 5.02 Å². The Morgan fingerprint density at radius 2 is 1.59 bits per heavy atom. The van der Waals surface area contributed by atoms with Crippen LogP contribution in [0.15, 0.2) is 89.8 Å². The summed E-state index contributed by atoms with van der Waals surface area (Å²) < 4.78 is 28.4. The number of benzene rings is 4. The molecule has 5 nitrogen and oxygen atoms in total. The van der Waals surface area contributed by atoms with Crippen molar-refractivity contribution < 1.29 is 13.2 Å². The first-order valence-electron chi connectivity index (χ1n) is 12.2. The number of carbonyl (C=O) groups excluding carboxylic acids is 1. The molecule has 37 heavy (non-hydrogen) atoms. The van der Waals surface area contributed by atoms with Crippen LogP contribution in [-0.2, 0) is 21.2 Å². The zero-order valence-electron chi connectivity index (χ0n) is 21.2. The third-order valence-electron chi connectivity index (χ3n) is 6.50. The van der Waals surface area contributed by atoms with E-state index in [0.29, 0.717) is 22.8 Å². The minimum Gasteiger partial charge on any atom is -0.354 e. The maximum Gasteiger partial charge on any atom is 0.264 e. The quantitative estimate of drug-likeness (QED) is 0.274. The van der Waals surface area contributed by atoms with E-state index in [1.807, 2.05) is 25.1 Å². The molecule has 0 radical (unpaired) electrons. The molecule has 1 atom stereocenters. The first-order valence-corrected chi connectivity index (χ1v) is 14.1. The van der Waals surface area contributed by atoms with E-state index in [9.17, 15) is 13.2 Å². The Morgan fingerprint density at radius 1 is 0.919 bits per heavy atom. The monoisotopic (exact) mass is 534 g/mol. The fourth-order valence-electron chi connectivity index (χ4n) is 4.40. The van der Waals surface area contributed by atoms with E-state index in [4.69, 9.17) is 11.6 Å². The third kappa shape index (κ3) is 6.14. The number of rotatable bonds is 9. The Morgan fingerprint density at radius 3 is 2.35 bits per heavy atom. The number of hydrogen-bond donors (Lipinski definition) is 1. The molecule has 4 aromatic rings. The van der Waals surface area contributed by atoms with Crippen molar-refractivity contribution in [2.24, 2.45) is 5.92 Å². The highest BCUT2D eigenvalue weighted by Crippen LogP contribution is 2.31. The van der Waals surface area contributed by atoms with E-state index in [1.165, 1.54) is 16.3 Å². The molecule has 0 fully saturated rings. The molecular formula is C30H31ClN2O3S. The largest absolute Gasteiger partial charge is 0.354 e. The number of hydrogen-bond acceptors (Lipinski definition) is 3. The van der Waals surface area contributed by atoms with Gasteiger partial charge in [-0.2, -0.15) is 0 Å². The van der Waals surface area contributed by atoms with Crippen LogP contribution in [0.5, 0.6) is 0 Å². The van der Waals surface area contributed by atoms with Crippen molar-refractivity contribution in [2.75, 3.05) is 17.4 Å². The summed E-state index contributed by atoms with van der Waals surface area (Å²) in [5.74, 6) is -0.218. The first kappa shape index (κ1) is 26.7. The number of anilines is 1. The second kappa shape index (κ2) is 11.4. The van der Waals surface area contributed by atoms with Crippen LogP contribution >= 0.6 is 11.6 Å². The van der Waals surface area contributed by atoms with Gasteiger partial charge in [0.2, 0.25) is 5.91 Å². The van der Waals surface area contributed by atoms with Crippen molar-refractivity contribution in [3.63, 3.8) is 0 Å². The summed E-state index contributed by atoms with van der Waals surface area (Å²) >= 11 is 6.31. The summed E-state index contributed by atoms with van der Waals surface area (Å²) in [5, 5.41) is 5.76. The van der Waals surface area contributed by atoms with Gasteiger partial charge in [0.15, 0.2) is 0 Å². The van der Waals surface area contributed by atoms with Crippen LogP contribution in [0.4, 0.5) is 5.69 Å². The molecule has 4 rings (SSSR count). The number of nitrogens with zero attached hydrogens (tertiary/aromatic N) is 1. The van der Waals surface area contributed by atoms with Crippen LogP contribution in [0.1, 0.15) is 23.6 Å². The molecule has 0 bridgehead atoms. The molecule has 192 valence electrons. The average Bonchev–Trinajstić information content (AvgIpc) is 2.88. The number of sulfonamides is 1. The van der Waals surface area contributed by atoms with Gasteiger partial charge in [-0.1, -0.05) is 84.8 Å². The van der Waals surface area contributed by atoms with Crippen LogP contribution in [0, 0.1) is 19.8 Å². The van der Waals surface area contributed by atoms with Gasteiger partial charge in [0, 0.05) is 11.6 Å². The Labute approximate surface area is 224 Å². The summed E-state index contributed by atoms with van der Waals surface area (Å²) in [6, 6.07) is 26.1. The van der Waals surface area contributed by atoms with Gasteiger partial charge in [0.1, 0.15) is 6.54 Å². The molecule has 0 saturated carbocycles. The summed E-state index contributed by atoms with van der Waals surface area (Å²) in [6.45, 7) is 5.79. The summed E-state index contributed by atoms with van der Waals surface area (Å²) in [6.07, 6.45) is 0.792. The number of carbonyl (C=O) groups is 1. The zero-order chi connectivity index (χ0) is 26.6. The molecule has 1 unspecified atom stereocenters. The number of fused-ring (bicyclic) bond motifs is 1. The fourth-order valence-corrected chi connectivity index (χ4v) is 6.04. The number of nitrogens with one attached hydrogen (secondary N) is 1. The van der Waals surface area contributed by atoms with Crippen LogP contribution in [-0.4, -0.2) is 27.4 Å². The highest BCUT2D eigenvalue weighted by Gasteiger charge is 2.29. The Balaban J connectivity index is 1.51. The molecule has 1 amide bonds. The van der Waals surface area contributed by atoms with Crippen molar-refractivity contribution in [2.45, 2.75) is 32.1 Å². The lowest BCUT2D eigenvalue weighted by Crippen LogP contribution is -2.42. The lowest BCUT2D eigenvalue weighted by Gasteiger charge is -2.26. The molecule has 0 aliphatic rings. The third-order valence-corrected chi connectivity index (χ3v) is 8.68. The van der Waals surface area contributed by atoms with Crippen molar-refractivity contribution >= 4 is 44.0 Å². The van der Waals surface area contributed by atoms with Gasteiger partial charge in [-0.25, -0.2) is 8.42 Å². The van der Waals surface area contributed by atoms with E-state index in [0.717, 1.165) is 16.3 Å². The minimum absolute atomic E-state index is 0.120. The van der Waals surface area contributed by atoms with E-state index < -0.39 is 10.0 Å². The van der Waals surface area contributed by atoms with Crippen molar-refractivity contribution in [3.8, 4) is 0 Å². The second-order valence-corrected chi connectivity index (χ2v) is 11.7. The van der Waals surface area contributed by atoms with Crippen molar-refractivity contribution in [3.05, 3.63) is 107 Å². The summed E-state index contributed by atoms with van der Waals surface area (Å²) in [5.41, 5.74) is 3.14. The highest BCUT2D eigenvalue weighted by molar-refractivity contribution is 7.92. The fraction of sp³-hybridized carbons (Fsp3) is 0.233. The molecule has 4 aromatic carbocycles. The zero-order valence-corrected chi connectivity index (χ0v) is 22.8. The van der Waals surface area contributed by atoms with Gasteiger partial charge >= 0.3 is 0 Å². The van der Waals surface area contributed by atoms with Crippen molar-refractivity contribution in [1.82, 2.24) is 5.32 Å². The van der Waals surface area contributed by atoms with E-state index in [2.05, 4.69) is 36.5 Å². The van der Waals surface area contributed by atoms with Crippen molar-refractivity contribution in [1.29, 1.82) is 0 Å². The molecule has 0 aliphatic heterocycles. The Bertz CT molecular complexity index is 1510. The van der Waals surface area contributed by atoms with Gasteiger partial charge in [0.25, 0.3) is 10.0 Å². The van der Waals surface area contributed by atoms with Gasteiger partial charge in [-0.05, 0) is 72.4 Å². The minimum atomic E-state index is -4.00. The van der Waals surface area contributed by atoms with Crippen LogP contribution in [0.3, 0.4) is 0 Å². The van der Waals surface area contributed by atoms with Gasteiger partial charge in [-0.15, -0.1) is 0 Å². The molecule has 0 heterocycles. The molecule has 1 N–H and O–H groups in total. The van der Waals surface area contributed by atoms with Gasteiger partial charge < -0.3 is 5.32 Å². The molecule has 0 spiro atoms. The standard InChI is InChI=1S/C30H31ClN2O3S/c1-21-14-16-26(17-15-21)37(35,36)33(29-13-7-12-28(31)23(29)3)20-30(34)32-19-22(2)18-25-10-6-9-24-8-4-5-11-27(24)25/h4-17,22H,18-20H2,1-3H3,(H,32,34). The van der Waals surface area contributed by atoms with Gasteiger partial charge in [0.05, 0.1) is 10.6 Å². The molecule has 0 aromatic heterocycles. The Kier molecular flexibility index (Phi) is 8.20. The maximum absolute atomic E-state index is 13.6. The lowest BCUT2D eigenvalue weighted by molar-refractivity contribution is -0.119. The molecule has 0 saturated heterocycles. The first-order chi connectivity index (χ1) is 17.7. The highest BCUT2D eigenvalue weighted by atomic mass is 35.5. The predicted octanol–water partition coefficient (Wildman–Crippen LogP) is 6.30. The lowest BCUT2D eigenvalue weighted by atomic mass is 9.96. The average molecular weight is 535 g/mol. The Hall–Kier alpha value is -3.35. The summed E-state index contributed by atoms with van der Waals surface area (Å²) in [4.78, 5) is 13.2. The van der Waals surface area contributed by atoms with E-state index in [-0.39, 0.29) is 23.3 Å². The molecule has 0 aliphatic carbocycles.